The summed E-state index contributed by atoms with van der Waals surface area (Å²) in [5, 5.41) is 4.64. The molecule has 19 heavy (non-hydrogen) atoms. The van der Waals surface area contributed by atoms with E-state index in [4.69, 9.17) is 23.2 Å². The van der Waals surface area contributed by atoms with E-state index in [0.717, 1.165) is 34.4 Å². The average molecular weight is 360 g/mol. The van der Waals surface area contributed by atoms with Crippen molar-refractivity contribution in [1.82, 2.24) is 4.98 Å². The quantitative estimate of drug-likeness (QED) is 0.819. The van der Waals surface area contributed by atoms with Crippen LogP contribution in [0, 0.1) is 6.92 Å². The molecule has 0 spiro atoms. The number of nitrogens with zero attached hydrogens (tertiary/aromatic N) is 1. The topological polar surface area (TPSA) is 24.9 Å². The van der Waals surface area contributed by atoms with Crippen LogP contribution in [0.5, 0.6) is 0 Å². The van der Waals surface area contributed by atoms with Gasteiger partial charge in [-0.2, -0.15) is 0 Å². The summed E-state index contributed by atoms with van der Waals surface area (Å²) in [7, 11) is 0. The summed E-state index contributed by atoms with van der Waals surface area (Å²) in [5.74, 6) is 0.843. The molecule has 0 atom stereocenters. The smallest absolute Gasteiger partial charge is 0.140 e. The zero-order chi connectivity index (χ0) is 13.8. The Morgan fingerprint density at radius 3 is 2.74 bits per heavy atom. The van der Waals surface area contributed by atoms with E-state index in [1.807, 2.05) is 31.3 Å². The molecule has 2 aromatic rings. The summed E-state index contributed by atoms with van der Waals surface area (Å²) >= 11 is 15.5. The minimum atomic E-state index is 0.657. The minimum absolute atomic E-state index is 0.657. The first-order valence-corrected chi connectivity index (χ1v) is 7.41. The second kappa shape index (κ2) is 6.60. The highest BCUT2D eigenvalue weighted by molar-refractivity contribution is 9.10. The monoisotopic (exact) mass is 358 g/mol. The molecule has 5 heteroatoms. The third-order valence-electron chi connectivity index (χ3n) is 2.68. The molecule has 1 aromatic carbocycles. The fourth-order valence-corrected chi connectivity index (χ4v) is 2.81. The van der Waals surface area contributed by atoms with Crippen molar-refractivity contribution in [1.29, 1.82) is 0 Å². The van der Waals surface area contributed by atoms with E-state index in [2.05, 4.69) is 26.2 Å². The van der Waals surface area contributed by atoms with Crippen LogP contribution in [0.1, 0.15) is 11.1 Å². The van der Waals surface area contributed by atoms with Crippen molar-refractivity contribution in [2.24, 2.45) is 0 Å². The number of aryl methyl sites for hydroxylation is 1. The predicted molar refractivity (Wildman–Crippen MR) is 85.3 cm³/mol. The summed E-state index contributed by atoms with van der Waals surface area (Å²) in [6.07, 6.45) is 2.65. The van der Waals surface area contributed by atoms with Gasteiger partial charge in [0.2, 0.25) is 0 Å². The van der Waals surface area contributed by atoms with E-state index >= 15 is 0 Å². The fraction of sp³-hybridized carbons (Fsp3) is 0.214. The lowest BCUT2D eigenvalue weighted by molar-refractivity contribution is 1.00. The largest absolute Gasteiger partial charge is 0.369 e. The van der Waals surface area contributed by atoms with Crippen LogP contribution in [-0.4, -0.2) is 11.5 Å². The highest BCUT2D eigenvalue weighted by atomic mass is 79.9. The van der Waals surface area contributed by atoms with Crippen molar-refractivity contribution in [3.63, 3.8) is 0 Å². The molecule has 1 heterocycles. The Bertz CT molecular complexity index is 536. The zero-order valence-electron chi connectivity index (χ0n) is 10.4. The highest BCUT2D eigenvalue weighted by Gasteiger charge is 2.03. The number of pyridine rings is 1. The van der Waals surface area contributed by atoms with E-state index in [9.17, 15) is 0 Å². The van der Waals surface area contributed by atoms with Gasteiger partial charge in [0.05, 0.1) is 4.47 Å². The van der Waals surface area contributed by atoms with Crippen molar-refractivity contribution in [2.75, 3.05) is 11.9 Å². The second-order valence-corrected chi connectivity index (χ2v) is 5.95. The number of hydrogen-bond donors (Lipinski definition) is 1. The van der Waals surface area contributed by atoms with Crippen molar-refractivity contribution in [2.45, 2.75) is 13.3 Å². The van der Waals surface area contributed by atoms with Crippen molar-refractivity contribution in [3.8, 4) is 0 Å². The first-order valence-electron chi connectivity index (χ1n) is 5.86. The van der Waals surface area contributed by atoms with E-state index in [1.54, 1.807) is 6.07 Å². The first kappa shape index (κ1) is 14.6. The lowest BCUT2D eigenvalue weighted by atomic mass is 10.1. The second-order valence-electron chi connectivity index (χ2n) is 4.26. The molecule has 0 saturated carbocycles. The molecule has 0 aliphatic rings. The summed E-state index contributed by atoms with van der Waals surface area (Å²) in [6.45, 7) is 2.77. The van der Waals surface area contributed by atoms with Gasteiger partial charge in [-0.3, -0.25) is 0 Å². The van der Waals surface area contributed by atoms with Crippen LogP contribution in [-0.2, 0) is 6.42 Å². The number of benzene rings is 1. The molecule has 0 bridgehead atoms. The fourth-order valence-electron chi connectivity index (χ4n) is 1.70. The molecule has 0 aliphatic carbocycles. The number of aromatic nitrogens is 1. The van der Waals surface area contributed by atoms with E-state index < -0.39 is 0 Å². The van der Waals surface area contributed by atoms with Gasteiger partial charge in [-0.15, -0.1) is 0 Å². The van der Waals surface area contributed by atoms with Gasteiger partial charge in [0.15, 0.2) is 0 Å². The maximum absolute atomic E-state index is 6.13. The molecule has 1 N–H and O–H groups in total. The number of rotatable bonds is 4. The van der Waals surface area contributed by atoms with Gasteiger partial charge in [-0.25, -0.2) is 4.98 Å². The van der Waals surface area contributed by atoms with Gasteiger partial charge >= 0.3 is 0 Å². The van der Waals surface area contributed by atoms with Crippen LogP contribution in [0.25, 0.3) is 0 Å². The molecule has 0 aliphatic heterocycles. The number of nitrogens with one attached hydrogen (secondary N) is 1. The van der Waals surface area contributed by atoms with Crippen LogP contribution in [0.15, 0.2) is 34.9 Å². The number of anilines is 1. The number of halogens is 3. The predicted octanol–water partition coefficient (Wildman–Crippen LogP) is 5.11. The average Bonchev–Trinajstić information content (AvgIpc) is 2.34. The van der Waals surface area contributed by atoms with Crippen LogP contribution < -0.4 is 5.32 Å². The summed E-state index contributed by atoms with van der Waals surface area (Å²) in [5.41, 5.74) is 2.19. The summed E-state index contributed by atoms with van der Waals surface area (Å²) < 4.78 is 0.967. The van der Waals surface area contributed by atoms with E-state index in [0.29, 0.717) is 10.0 Å². The summed E-state index contributed by atoms with van der Waals surface area (Å²) in [6, 6.07) is 7.59. The van der Waals surface area contributed by atoms with Gasteiger partial charge in [0.25, 0.3) is 0 Å². The molecule has 0 fully saturated rings. The Labute approximate surface area is 131 Å². The van der Waals surface area contributed by atoms with E-state index in [-0.39, 0.29) is 0 Å². The summed E-state index contributed by atoms with van der Waals surface area (Å²) in [4.78, 5) is 4.33. The Morgan fingerprint density at radius 1 is 1.26 bits per heavy atom. The lowest BCUT2D eigenvalue weighted by Gasteiger charge is -2.09. The van der Waals surface area contributed by atoms with Gasteiger partial charge in [0, 0.05) is 22.8 Å². The molecule has 0 radical (unpaired) electrons. The third-order valence-corrected chi connectivity index (χ3v) is 3.87. The maximum atomic E-state index is 6.13. The minimum Gasteiger partial charge on any atom is -0.369 e. The maximum Gasteiger partial charge on any atom is 0.140 e. The first-order chi connectivity index (χ1) is 9.06. The molecular formula is C14H13BrCl2N2. The Hall–Kier alpha value is -0.770. The Morgan fingerprint density at radius 2 is 2.05 bits per heavy atom. The zero-order valence-corrected chi connectivity index (χ0v) is 13.5. The Balaban J connectivity index is 1.96. The third kappa shape index (κ3) is 4.10. The Kier molecular flexibility index (Phi) is 5.08. The van der Waals surface area contributed by atoms with Gasteiger partial charge in [-0.1, -0.05) is 29.3 Å². The molecule has 0 saturated heterocycles. The molecule has 1 aromatic heterocycles. The van der Waals surface area contributed by atoms with Crippen LogP contribution >= 0.6 is 39.1 Å². The molecule has 0 amide bonds. The lowest BCUT2D eigenvalue weighted by Crippen LogP contribution is -2.07. The molecule has 100 valence electrons. The highest BCUT2D eigenvalue weighted by Crippen LogP contribution is 2.23. The van der Waals surface area contributed by atoms with Crippen LogP contribution in [0.3, 0.4) is 0 Å². The van der Waals surface area contributed by atoms with Gasteiger partial charge in [-0.05, 0) is 58.6 Å². The molecule has 2 nitrogen and oxygen atoms in total. The molecular weight excluding hydrogens is 347 g/mol. The van der Waals surface area contributed by atoms with Crippen molar-refractivity contribution < 1.29 is 0 Å². The molecule has 2 rings (SSSR count). The van der Waals surface area contributed by atoms with Crippen LogP contribution in [0.2, 0.25) is 10.0 Å². The van der Waals surface area contributed by atoms with Crippen molar-refractivity contribution in [3.05, 3.63) is 56.1 Å². The van der Waals surface area contributed by atoms with Crippen molar-refractivity contribution >= 4 is 44.9 Å². The number of hydrogen-bond acceptors (Lipinski definition) is 2. The van der Waals surface area contributed by atoms with Gasteiger partial charge < -0.3 is 5.32 Å². The van der Waals surface area contributed by atoms with E-state index in [1.165, 1.54) is 0 Å². The molecule has 0 unspecified atom stereocenters. The van der Waals surface area contributed by atoms with Gasteiger partial charge in [0.1, 0.15) is 5.82 Å². The standard InChI is InChI=1S/C14H13BrCl2N2/c1-9-6-12(15)14(19-8-9)18-5-4-10-2-3-11(16)7-13(10)17/h2-3,6-8H,4-5H2,1H3,(H,18,19). The SMILES string of the molecule is Cc1cnc(NCCc2ccc(Cl)cc2Cl)c(Br)c1. The normalized spacial score (nSPS) is 10.5. The van der Waals surface area contributed by atoms with Crippen LogP contribution in [0.4, 0.5) is 5.82 Å².